The second kappa shape index (κ2) is 4.71. The van der Waals surface area contributed by atoms with Crippen molar-refractivity contribution < 1.29 is 5.11 Å². The van der Waals surface area contributed by atoms with E-state index in [4.69, 9.17) is 0 Å². The topological polar surface area (TPSA) is 55.9 Å². The number of aromatic nitrogens is 4. The average molecular weight is 234 g/mol. The number of aryl methyl sites for hydroxylation is 3. The lowest BCUT2D eigenvalue weighted by Gasteiger charge is -2.08. The van der Waals surface area contributed by atoms with Gasteiger partial charge < -0.3 is 5.11 Å². The van der Waals surface area contributed by atoms with Crippen molar-refractivity contribution >= 4 is 0 Å². The minimum Gasteiger partial charge on any atom is -0.386 e. The fourth-order valence-electron chi connectivity index (χ4n) is 1.90. The maximum atomic E-state index is 10.2. The SMILES string of the molecule is CCc1cc(C(O)Cc2ccn(C)n2)n(C)n1. The summed E-state index contributed by atoms with van der Waals surface area (Å²) >= 11 is 0. The summed E-state index contributed by atoms with van der Waals surface area (Å²) in [6.07, 6.45) is 2.72. The lowest BCUT2D eigenvalue weighted by Crippen LogP contribution is -2.08. The maximum absolute atomic E-state index is 10.2. The fourth-order valence-corrected chi connectivity index (χ4v) is 1.90. The van der Waals surface area contributed by atoms with Crippen molar-refractivity contribution in [3.8, 4) is 0 Å². The highest BCUT2D eigenvalue weighted by Gasteiger charge is 2.15. The summed E-state index contributed by atoms with van der Waals surface area (Å²) in [5.41, 5.74) is 2.73. The summed E-state index contributed by atoms with van der Waals surface area (Å²) in [6, 6.07) is 3.87. The standard InChI is InChI=1S/C12H18N4O/c1-4-9-7-11(16(3)14-9)12(17)8-10-5-6-15(2)13-10/h5-7,12,17H,4,8H2,1-3H3. The molecule has 1 atom stereocenters. The van der Waals surface area contributed by atoms with Crippen LogP contribution in [-0.2, 0) is 26.9 Å². The number of hydrogen-bond acceptors (Lipinski definition) is 3. The molecule has 0 aromatic carbocycles. The van der Waals surface area contributed by atoms with E-state index >= 15 is 0 Å². The average Bonchev–Trinajstić information content (AvgIpc) is 2.85. The molecule has 5 nitrogen and oxygen atoms in total. The smallest absolute Gasteiger partial charge is 0.101 e. The van der Waals surface area contributed by atoms with Crippen LogP contribution in [0.4, 0.5) is 0 Å². The van der Waals surface area contributed by atoms with Gasteiger partial charge in [-0.25, -0.2) is 0 Å². The van der Waals surface area contributed by atoms with E-state index in [0.29, 0.717) is 6.42 Å². The van der Waals surface area contributed by atoms with Crippen LogP contribution < -0.4 is 0 Å². The fraction of sp³-hybridized carbons (Fsp3) is 0.500. The molecule has 1 unspecified atom stereocenters. The molecular formula is C12H18N4O. The van der Waals surface area contributed by atoms with Gasteiger partial charge in [0.25, 0.3) is 0 Å². The first kappa shape index (κ1) is 11.9. The minimum absolute atomic E-state index is 0.517. The molecule has 1 N–H and O–H groups in total. The monoisotopic (exact) mass is 234 g/mol. The van der Waals surface area contributed by atoms with Gasteiger partial charge in [0.2, 0.25) is 0 Å². The van der Waals surface area contributed by atoms with Crippen LogP contribution in [0.1, 0.15) is 30.1 Å². The maximum Gasteiger partial charge on any atom is 0.101 e. The first-order valence-electron chi connectivity index (χ1n) is 5.79. The Morgan fingerprint density at radius 1 is 1.29 bits per heavy atom. The highest BCUT2D eigenvalue weighted by molar-refractivity contribution is 5.15. The van der Waals surface area contributed by atoms with Crippen LogP contribution in [0.25, 0.3) is 0 Å². The molecule has 2 rings (SSSR count). The summed E-state index contributed by atoms with van der Waals surface area (Å²) in [7, 11) is 3.73. The number of aliphatic hydroxyl groups excluding tert-OH is 1. The summed E-state index contributed by atoms with van der Waals surface area (Å²) < 4.78 is 3.48. The Hall–Kier alpha value is -1.62. The Balaban J connectivity index is 2.13. The van der Waals surface area contributed by atoms with E-state index in [1.54, 1.807) is 9.36 Å². The van der Waals surface area contributed by atoms with Crippen molar-refractivity contribution in [1.29, 1.82) is 0 Å². The van der Waals surface area contributed by atoms with Crippen LogP contribution in [0.15, 0.2) is 18.3 Å². The second-order valence-corrected chi connectivity index (χ2v) is 4.24. The third kappa shape index (κ3) is 2.55. The summed E-state index contributed by atoms with van der Waals surface area (Å²) in [5, 5.41) is 18.8. The van der Waals surface area contributed by atoms with Crippen molar-refractivity contribution in [2.45, 2.75) is 25.9 Å². The highest BCUT2D eigenvalue weighted by Crippen LogP contribution is 2.18. The van der Waals surface area contributed by atoms with E-state index in [9.17, 15) is 5.11 Å². The van der Waals surface area contributed by atoms with E-state index in [1.165, 1.54) is 0 Å². The van der Waals surface area contributed by atoms with E-state index in [2.05, 4.69) is 17.1 Å². The predicted octanol–water partition coefficient (Wildman–Crippen LogP) is 0.992. The Bertz CT molecular complexity index is 500. The van der Waals surface area contributed by atoms with Gasteiger partial charge in [-0.15, -0.1) is 0 Å². The Kier molecular flexibility index (Phi) is 3.28. The largest absolute Gasteiger partial charge is 0.386 e. The molecule has 0 amide bonds. The van der Waals surface area contributed by atoms with Crippen LogP contribution in [0.2, 0.25) is 0 Å². The van der Waals surface area contributed by atoms with Crippen molar-refractivity contribution in [3.63, 3.8) is 0 Å². The van der Waals surface area contributed by atoms with Gasteiger partial charge in [0, 0.05) is 26.7 Å². The third-order valence-corrected chi connectivity index (χ3v) is 2.84. The minimum atomic E-state index is -0.553. The molecule has 2 heterocycles. The molecule has 0 bridgehead atoms. The van der Waals surface area contributed by atoms with E-state index in [-0.39, 0.29) is 0 Å². The predicted molar refractivity (Wildman–Crippen MR) is 64.5 cm³/mol. The van der Waals surface area contributed by atoms with E-state index < -0.39 is 6.10 Å². The molecule has 0 saturated carbocycles. The molecule has 0 radical (unpaired) electrons. The molecule has 0 aliphatic heterocycles. The lowest BCUT2D eigenvalue weighted by molar-refractivity contribution is 0.167. The highest BCUT2D eigenvalue weighted by atomic mass is 16.3. The van der Waals surface area contributed by atoms with Crippen molar-refractivity contribution in [2.24, 2.45) is 14.1 Å². The summed E-state index contributed by atoms with van der Waals surface area (Å²) in [4.78, 5) is 0. The number of aliphatic hydroxyl groups is 1. The number of rotatable bonds is 4. The molecular weight excluding hydrogens is 216 g/mol. The quantitative estimate of drug-likeness (QED) is 0.858. The third-order valence-electron chi connectivity index (χ3n) is 2.84. The molecule has 2 aromatic rings. The van der Waals surface area contributed by atoms with Gasteiger partial charge in [0.15, 0.2) is 0 Å². The van der Waals surface area contributed by atoms with Gasteiger partial charge in [-0.05, 0) is 18.6 Å². The van der Waals surface area contributed by atoms with Gasteiger partial charge in [0.05, 0.1) is 17.1 Å². The van der Waals surface area contributed by atoms with Crippen LogP contribution in [0, 0.1) is 0 Å². The summed E-state index contributed by atoms with van der Waals surface area (Å²) in [6.45, 7) is 2.05. The molecule has 2 aromatic heterocycles. The van der Waals surface area contributed by atoms with Crippen LogP contribution >= 0.6 is 0 Å². The van der Waals surface area contributed by atoms with Crippen LogP contribution in [0.3, 0.4) is 0 Å². The normalized spacial score (nSPS) is 12.9. The van der Waals surface area contributed by atoms with Crippen molar-refractivity contribution in [2.75, 3.05) is 0 Å². The van der Waals surface area contributed by atoms with Gasteiger partial charge in [0.1, 0.15) is 6.10 Å². The van der Waals surface area contributed by atoms with Crippen LogP contribution in [0.5, 0.6) is 0 Å². The molecule has 0 aliphatic carbocycles. The zero-order valence-corrected chi connectivity index (χ0v) is 10.5. The first-order valence-corrected chi connectivity index (χ1v) is 5.79. The molecule has 0 saturated heterocycles. The Morgan fingerprint density at radius 2 is 2.06 bits per heavy atom. The van der Waals surface area contributed by atoms with E-state index in [1.807, 2.05) is 32.4 Å². The van der Waals surface area contributed by atoms with Crippen LogP contribution in [-0.4, -0.2) is 24.7 Å². The zero-order valence-electron chi connectivity index (χ0n) is 10.5. The summed E-state index contributed by atoms with van der Waals surface area (Å²) in [5.74, 6) is 0. The van der Waals surface area contributed by atoms with Crippen molar-refractivity contribution in [3.05, 3.63) is 35.4 Å². The molecule has 0 fully saturated rings. The lowest BCUT2D eigenvalue weighted by atomic mass is 10.1. The van der Waals surface area contributed by atoms with E-state index in [0.717, 1.165) is 23.5 Å². The molecule has 0 spiro atoms. The Morgan fingerprint density at radius 3 is 2.59 bits per heavy atom. The molecule has 0 aliphatic rings. The van der Waals surface area contributed by atoms with Gasteiger partial charge >= 0.3 is 0 Å². The zero-order chi connectivity index (χ0) is 12.4. The van der Waals surface area contributed by atoms with Gasteiger partial charge in [-0.1, -0.05) is 6.92 Å². The van der Waals surface area contributed by atoms with Gasteiger partial charge in [-0.2, -0.15) is 10.2 Å². The molecule has 17 heavy (non-hydrogen) atoms. The Labute approximate surface area is 101 Å². The molecule has 92 valence electrons. The van der Waals surface area contributed by atoms with Gasteiger partial charge in [-0.3, -0.25) is 9.36 Å². The molecule has 5 heteroatoms. The number of nitrogens with zero attached hydrogens (tertiary/aromatic N) is 4. The van der Waals surface area contributed by atoms with Crippen molar-refractivity contribution in [1.82, 2.24) is 19.6 Å². The number of hydrogen-bond donors (Lipinski definition) is 1. The first-order chi connectivity index (χ1) is 8.10. The second-order valence-electron chi connectivity index (χ2n) is 4.24.